The van der Waals surface area contributed by atoms with Crippen molar-refractivity contribution in [3.63, 3.8) is 0 Å². The number of thioether (sulfide) groups is 1. The zero-order valence-electron chi connectivity index (χ0n) is 12.8. The molecule has 3 aromatic rings. The van der Waals surface area contributed by atoms with Crippen LogP contribution in [-0.2, 0) is 0 Å². The third kappa shape index (κ3) is 3.01. The van der Waals surface area contributed by atoms with Crippen LogP contribution in [0.1, 0.15) is 28.9 Å². The van der Waals surface area contributed by atoms with Crippen LogP contribution in [0.15, 0.2) is 47.9 Å². The van der Waals surface area contributed by atoms with Crippen molar-refractivity contribution in [2.75, 3.05) is 0 Å². The first-order valence-electron chi connectivity index (χ1n) is 7.08. The van der Waals surface area contributed by atoms with Crippen LogP contribution in [0.25, 0.3) is 5.69 Å². The Kier molecular flexibility index (Phi) is 4.20. The Balaban J connectivity index is 1.89. The topological polar surface area (TPSA) is 56.5 Å². The number of aromatic nitrogens is 5. The molecular weight excluding hydrogens is 294 g/mol. The van der Waals surface area contributed by atoms with Crippen molar-refractivity contribution < 1.29 is 0 Å². The third-order valence-electron chi connectivity index (χ3n) is 3.46. The van der Waals surface area contributed by atoms with Gasteiger partial charge in [0, 0.05) is 17.6 Å². The van der Waals surface area contributed by atoms with Crippen LogP contribution in [0.4, 0.5) is 0 Å². The maximum absolute atomic E-state index is 4.17. The van der Waals surface area contributed by atoms with Gasteiger partial charge in [-0.1, -0.05) is 35.5 Å². The highest BCUT2D eigenvalue weighted by Crippen LogP contribution is 2.33. The molecule has 6 heteroatoms. The minimum Gasteiger partial charge on any atom is -0.264 e. The molecule has 0 saturated carbocycles. The zero-order valence-corrected chi connectivity index (χ0v) is 13.6. The first-order chi connectivity index (χ1) is 10.6. The summed E-state index contributed by atoms with van der Waals surface area (Å²) in [5.41, 5.74) is 4.55. The lowest BCUT2D eigenvalue weighted by molar-refractivity contribution is 0.750. The molecule has 112 valence electrons. The van der Waals surface area contributed by atoms with E-state index in [1.54, 1.807) is 22.6 Å². The van der Waals surface area contributed by atoms with Gasteiger partial charge in [0.1, 0.15) is 0 Å². The summed E-state index contributed by atoms with van der Waals surface area (Å²) in [4.78, 5) is 4.17. The molecule has 3 rings (SSSR count). The number of aryl methyl sites for hydroxylation is 2. The number of tetrazole rings is 1. The van der Waals surface area contributed by atoms with Gasteiger partial charge in [0.05, 0.1) is 5.69 Å². The van der Waals surface area contributed by atoms with Gasteiger partial charge in [-0.2, -0.15) is 4.68 Å². The van der Waals surface area contributed by atoms with E-state index in [0.29, 0.717) is 0 Å². The largest absolute Gasteiger partial charge is 0.264 e. The average molecular weight is 311 g/mol. The predicted octanol–water partition coefficient (Wildman–Crippen LogP) is 3.53. The van der Waals surface area contributed by atoms with E-state index in [9.17, 15) is 0 Å². The fourth-order valence-corrected chi connectivity index (χ4v) is 3.20. The average Bonchev–Trinajstić information content (AvgIpc) is 2.96. The zero-order chi connectivity index (χ0) is 15.5. The summed E-state index contributed by atoms with van der Waals surface area (Å²) in [5, 5.41) is 13.2. The van der Waals surface area contributed by atoms with Crippen LogP contribution in [0, 0.1) is 13.8 Å². The van der Waals surface area contributed by atoms with E-state index in [2.05, 4.69) is 65.5 Å². The van der Waals surface area contributed by atoms with Gasteiger partial charge in [0.15, 0.2) is 0 Å². The summed E-state index contributed by atoms with van der Waals surface area (Å²) >= 11 is 1.62. The molecule has 0 spiro atoms. The van der Waals surface area contributed by atoms with Crippen molar-refractivity contribution in [1.29, 1.82) is 0 Å². The Morgan fingerprint density at radius 1 is 1.18 bits per heavy atom. The highest BCUT2D eigenvalue weighted by Gasteiger charge is 2.15. The molecular formula is C16H17N5S. The van der Waals surface area contributed by atoms with Crippen LogP contribution >= 0.6 is 11.8 Å². The van der Waals surface area contributed by atoms with E-state index in [1.165, 1.54) is 5.56 Å². The van der Waals surface area contributed by atoms with E-state index >= 15 is 0 Å². The Morgan fingerprint density at radius 3 is 2.77 bits per heavy atom. The minimum absolute atomic E-state index is 0.226. The van der Waals surface area contributed by atoms with Crippen molar-refractivity contribution in [3.8, 4) is 5.69 Å². The Morgan fingerprint density at radius 2 is 2.05 bits per heavy atom. The van der Waals surface area contributed by atoms with Crippen molar-refractivity contribution in [2.45, 2.75) is 31.2 Å². The molecule has 0 fully saturated rings. The standard InChI is InChI=1S/C16H17N5S/c1-11-6-7-15(12(2)9-11)21-16(18-19-20-21)22-13(3)14-5-4-8-17-10-14/h4-10,13H,1-3H3. The molecule has 2 aromatic heterocycles. The maximum atomic E-state index is 4.17. The molecule has 1 atom stereocenters. The number of benzene rings is 1. The number of hydrogen-bond acceptors (Lipinski definition) is 5. The second kappa shape index (κ2) is 6.27. The molecule has 1 aromatic carbocycles. The number of hydrogen-bond donors (Lipinski definition) is 0. The SMILES string of the molecule is Cc1ccc(-n2nnnc2SC(C)c2cccnc2)c(C)c1. The van der Waals surface area contributed by atoms with E-state index < -0.39 is 0 Å². The van der Waals surface area contributed by atoms with Gasteiger partial charge >= 0.3 is 0 Å². The van der Waals surface area contributed by atoms with Crippen LogP contribution < -0.4 is 0 Å². The first-order valence-corrected chi connectivity index (χ1v) is 7.95. The summed E-state index contributed by atoms with van der Waals surface area (Å²) in [7, 11) is 0. The lowest BCUT2D eigenvalue weighted by Crippen LogP contribution is -2.02. The third-order valence-corrected chi connectivity index (χ3v) is 4.55. The number of nitrogens with zero attached hydrogens (tertiary/aromatic N) is 5. The Bertz CT molecular complexity index is 769. The van der Waals surface area contributed by atoms with Gasteiger partial charge in [-0.05, 0) is 54.5 Å². The second-order valence-electron chi connectivity index (χ2n) is 5.21. The van der Waals surface area contributed by atoms with Gasteiger partial charge in [0.2, 0.25) is 5.16 Å². The summed E-state index contributed by atoms with van der Waals surface area (Å²) in [6.07, 6.45) is 3.66. The summed E-state index contributed by atoms with van der Waals surface area (Å²) in [6, 6.07) is 10.3. The molecule has 0 amide bonds. The van der Waals surface area contributed by atoms with Crippen molar-refractivity contribution >= 4 is 11.8 Å². The molecule has 1 unspecified atom stereocenters. The molecule has 0 N–H and O–H groups in total. The second-order valence-corrected chi connectivity index (χ2v) is 6.52. The molecule has 0 aliphatic rings. The van der Waals surface area contributed by atoms with E-state index in [0.717, 1.165) is 22.0 Å². The minimum atomic E-state index is 0.226. The fourth-order valence-electron chi connectivity index (χ4n) is 2.29. The van der Waals surface area contributed by atoms with Crippen LogP contribution in [0.3, 0.4) is 0 Å². The van der Waals surface area contributed by atoms with Gasteiger partial charge in [-0.3, -0.25) is 4.98 Å². The van der Waals surface area contributed by atoms with Gasteiger partial charge in [-0.25, -0.2) is 0 Å². The normalized spacial score (nSPS) is 12.3. The highest BCUT2D eigenvalue weighted by molar-refractivity contribution is 7.99. The van der Waals surface area contributed by atoms with Gasteiger partial charge in [-0.15, -0.1) is 5.10 Å². The maximum Gasteiger partial charge on any atom is 0.214 e. The van der Waals surface area contributed by atoms with Crippen LogP contribution in [0.2, 0.25) is 0 Å². The lowest BCUT2D eigenvalue weighted by Gasteiger charge is -2.12. The predicted molar refractivity (Wildman–Crippen MR) is 87.1 cm³/mol. The molecule has 0 bridgehead atoms. The van der Waals surface area contributed by atoms with Crippen LogP contribution in [0.5, 0.6) is 0 Å². The van der Waals surface area contributed by atoms with E-state index in [-0.39, 0.29) is 5.25 Å². The van der Waals surface area contributed by atoms with Crippen LogP contribution in [-0.4, -0.2) is 25.2 Å². The lowest BCUT2D eigenvalue weighted by atomic mass is 10.1. The Hall–Kier alpha value is -2.21. The van der Waals surface area contributed by atoms with Gasteiger partial charge in [0.25, 0.3) is 0 Å². The fraction of sp³-hybridized carbons (Fsp3) is 0.250. The first kappa shape index (κ1) is 14.7. The van der Waals surface area contributed by atoms with Crippen molar-refractivity contribution in [1.82, 2.24) is 25.2 Å². The highest BCUT2D eigenvalue weighted by atomic mass is 32.2. The molecule has 0 saturated heterocycles. The van der Waals surface area contributed by atoms with E-state index in [1.807, 2.05) is 12.3 Å². The number of pyridine rings is 1. The van der Waals surface area contributed by atoms with E-state index in [4.69, 9.17) is 0 Å². The smallest absolute Gasteiger partial charge is 0.214 e. The van der Waals surface area contributed by atoms with Crippen molar-refractivity contribution in [3.05, 3.63) is 59.4 Å². The summed E-state index contributed by atoms with van der Waals surface area (Å²) < 4.78 is 1.80. The van der Waals surface area contributed by atoms with Crippen molar-refractivity contribution in [2.24, 2.45) is 0 Å². The number of rotatable bonds is 4. The monoisotopic (exact) mass is 311 g/mol. The summed E-state index contributed by atoms with van der Waals surface area (Å²) in [6.45, 7) is 6.28. The van der Waals surface area contributed by atoms with Gasteiger partial charge < -0.3 is 0 Å². The molecule has 0 aliphatic heterocycles. The summed E-state index contributed by atoms with van der Waals surface area (Å²) in [5.74, 6) is 0. The molecule has 0 aliphatic carbocycles. The molecule has 5 nitrogen and oxygen atoms in total. The Labute approximate surface area is 133 Å². The quantitative estimate of drug-likeness (QED) is 0.690. The molecule has 2 heterocycles. The molecule has 0 radical (unpaired) electrons. The molecule has 22 heavy (non-hydrogen) atoms.